The van der Waals surface area contributed by atoms with Gasteiger partial charge in [-0.1, -0.05) is 29.8 Å². The summed E-state index contributed by atoms with van der Waals surface area (Å²) in [6, 6.07) is 10.3. The zero-order valence-electron chi connectivity index (χ0n) is 20.6. The van der Waals surface area contributed by atoms with Crippen molar-refractivity contribution < 1.29 is 8.42 Å². The fourth-order valence-electron chi connectivity index (χ4n) is 4.45. The van der Waals surface area contributed by atoms with Crippen LogP contribution in [-0.2, 0) is 16.6 Å². The van der Waals surface area contributed by atoms with Gasteiger partial charge in [-0.25, -0.2) is 13.4 Å². The van der Waals surface area contributed by atoms with Crippen LogP contribution in [0.3, 0.4) is 0 Å². The summed E-state index contributed by atoms with van der Waals surface area (Å²) in [6.45, 7) is 10.5. The SMILES string of the molecule is CCn1c(C(C)N(CCN(C)C)S(=O)(=O)c2c(C)cc(C)cc2C)nc2ccccc2c1=O. The van der Waals surface area contributed by atoms with Crippen molar-refractivity contribution in [3.8, 4) is 0 Å². The quantitative estimate of drug-likeness (QED) is 0.502. The first-order valence-electron chi connectivity index (χ1n) is 11.2. The summed E-state index contributed by atoms with van der Waals surface area (Å²) in [7, 11) is -0.0404. The lowest BCUT2D eigenvalue weighted by Gasteiger charge is -2.31. The Morgan fingerprint density at radius 3 is 2.21 bits per heavy atom. The summed E-state index contributed by atoms with van der Waals surface area (Å²) in [4.78, 5) is 20.2. The van der Waals surface area contributed by atoms with E-state index in [1.165, 1.54) is 4.31 Å². The van der Waals surface area contributed by atoms with Gasteiger partial charge in [-0.15, -0.1) is 0 Å². The number of hydrogen-bond acceptors (Lipinski definition) is 5. The molecule has 2 aromatic carbocycles. The van der Waals surface area contributed by atoms with Crippen LogP contribution in [-0.4, -0.2) is 54.4 Å². The monoisotopic (exact) mass is 470 g/mol. The van der Waals surface area contributed by atoms with Gasteiger partial charge >= 0.3 is 0 Å². The molecule has 3 aromatic rings. The van der Waals surface area contributed by atoms with Crippen molar-refractivity contribution in [2.24, 2.45) is 0 Å². The minimum Gasteiger partial charge on any atom is -0.308 e. The van der Waals surface area contributed by atoms with E-state index >= 15 is 0 Å². The molecule has 178 valence electrons. The normalized spacial score (nSPS) is 13.2. The molecule has 7 nitrogen and oxygen atoms in total. The van der Waals surface area contributed by atoms with Gasteiger partial charge in [0.2, 0.25) is 10.0 Å². The van der Waals surface area contributed by atoms with Crippen molar-refractivity contribution in [3.05, 3.63) is 69.3 Å². The molecule has 0 N–H and O–H groups in total. The Bertz CT molecular complexity index is 1310. The van der Waals surface area contributed by atoms with Gasteiger partial charge in [-0.05, 0) is 72.0 Å². The summed E-state index contributed by atoms with van der Waals surface area (Å²) >= 11 is 0. The number of aromatic nitrogens is 2. The summed E-state index contributed by atoms with van der Waals surface area (Å²) in [5.41, 5.74) is 2.87. The summed E-state index contributed by atoms with van der Waals surface area (Å²) in [5, 5.41) is 0.531. The van der Waals surface area contributed by atoms with Gasteiger partial charge in [0.25, 0.3) is 5.56 Å². The van der Waals surface area contributed by atoms with Gasteiger partial charge in [0.1, 0.15) is 5.82 Å². The van der Waals surface area contributed by atoms with Crippen molar-refractivity contribution in [1.82, 2.24) is 18.8 Å². The molecule has 0 spiro atoms. The summed E-state index contributed by atoms with van der Waals surface area (Å²) in [6.07, 6.45) is 0. The zero-order chi connectivity index (χ0) is 24.5. The Balaban J connectivity index is 2.23. The molecule has 1 aromatic heterocycles. The Morgan fingerprint density at radius 2 is 1.64 bits per heavy atom. The molecule has 0 bridgehead atoms. The van der Waals surface area contributed by atoms with Crippen LogP contribution in [0.5, 0.6) is 0 Å². The van der Waals surface area contributed by atoms with Crippen LogP contribution in [0, 0.1) is 20.8 Å². The molecule has 0 aliphatic rings. The number of benzene rings is 2. The fourth-order valence-corrected chi connectivity index (χ4v) is 6.45. The average molecular weight is 471 g/mol. The number of para-hydroxylation sites is 1. The average Bonchev–Trinajstić information content (AvgIpc) is 2.72. The number of nitrogens with zero attached hydrogens (tertiary/aromatic N) is 4. The Labute approximate surface area is 196 Å². The highest BCUT2D eigenvalue weighted by Crippen LogP contribution is 2.31. The van der Waals surface area contributed by atoms with E-state index in [1.54, 1.807) is 16.7 Å². The van der Waals surface area contributed by atoms with E-state index in [1.807, 2.05) is 77.9 Å². The third-order valence-corrected chi connectivity index (χ3v) is 8.23. The van der Waals surface area contributed by atoms with Crippen molar-refractivity contribution >= 4 is 20.9 Å². The second-order valence-electron chi connectivity index (χ2n) is 8.86. The molecular formula is C25H34N4O3S. The standard InChI is InChI=1S/C25H34N4O3S/c1-8-28-24(26-22-12-10-9-11-21(22)25(28)30)20(5)29(14-13-27(6)7)33(31,32)23-18(3)15-17(2)16-19(23)4/h9-12,15-16,20H,8,13-14H2,1-7H3. The molecular weight excluding hydrogens is 436 g/mol. The van der Waals surface area contributed by atoms with E-state index < -0.39 is 16.1 Å². The maximum absolute atomic E-state index is 14.1. The molecule has 0 fully saturated rings. The van der Waals surface area contributed by atoms with Gasteiger partial charge in [0.05, 0.1) is 21.8 Å². The number of hydrogen-bond donors (Lipinski definition) is 0. The summed E-state index contributed by atoms with van der Waals surface area (Å²) < 4.78 is 31.2. The third-order valence-electron chi connectivity index (χ3n) is 5.95. The highest BCUT2D eigenvalue weighted by molar-refractivity contribution is 7.89. The van der Waals surface area contributed by atoms with Crippen LogP contribution in [0.4, 0.5) is 0 Å². The van der Waals surface area contributed by atoms with Gasteiger partial charge in [0, 0.05) is 19.6 Å². The Kier molecular flexibility index (Phi) is 7.41. The maximum atomic E-state index is 14.1. The predicted molar refractivity (Wildman–Crippen MR) is 133 cm³/mol. The van der Waals surface area contributed by atoms with E-state index in [0.29, 0.717) is 45.8 Å². The number of likely N-dealkylation sites (N-methyl/N-ethyl adjacent to an activating group) is 1. The maximum Gasteiger partial charge on any atom is 0.261 e. The lowest BCUT2D eigenvalue weighted by Crippen LogP contribution is -2.41. The topological polar surface area (TPSA) is 75.5 Å². The van der Waals surface area contributed by atoms with Gasteiger partial charge in [-0.3, -0.25) is 9.36 Å². The van der Waals surface area contributed by atoms with Crippen molar-refractivity contribution in [3.63, 3.8) is 0 Å². The van der Waals surface area contributed by atoms with Crippen molar-refractivity contribution in [2.75, 3.05) is 27.2 Å². The molecule has 1 heterocycles. The van der Waals surface area contributed by atoms with Crippen molar-refractivity contribution in [1.29, 1.82) is 0 Å². The number of sulfonamides is 1. The first-order valence-corrected chi connectivity index (χ1v) is 12.7. The molecule has 8 heteroatoms. The van der Waals surface area contributed by atoms with E-state index in [4.69, 9.17) is 4.98 Å². The molecule has 0 amide bonds. The molecule has 3 rings (SSSR count). The van der Waals surface area contributed by atoms with Crippen LogP contribution >= 0.6 is 0 Å². The van der Waals surface area contributed by atoms with Crippen molar-refractivity contribution in [2.45, 2.75) is 52.1 Å². The lowest BCUT2D eigenvalue weighted by atomic mass is 10.1. The third kappa shape index (κ3) is 4.88. The molecule has 0 aliphatic carbocycles. The minimum absolute atomic E-state index is 0.155. The fraction of sp³-hybridized carbons (Fsp3) is 0.440. The predicted octanol–water partition coefficient (Wildman–Crippen LogP) is 3.66. The van der Waals surface area contributed by atoms with Crippen LogP contribution in [0.1, 0.15) is 42.4 Å². The lowest BCUT2D eigenvalue weighted by molar-refractivity contribution is 0.281. The van der Waals surface area contributed by atoms with Crippen LogP contribution in [0.15, 0.2) is 46.1 Å². The van der Waals surface area contributed by atoms with Crippen LogP contribution < -0.4 is 5.56 Å². The number of fused-ring (bicyclic) bond motifs is 1. The van der Waals surface area contributed by atoms with Crippen LogP contribution in [0.2, 0.25) is 0 Å². The van der Waals surface area contributed by atoms with E-state index in [2.05, 4.69) is 0 Å². The number of rotatable bonds is 8. The van der Waals surface area contributed by atoms with Gasteiger partial charge < -0.3 is 4.90 Å². The van der Waals surface area contributed by atoms with Gasteiger partial charge in [0.15, 0.2) is 0 Å². The second kappa shape index (κ2) is 9.75. The highest BCUT2D eigenvalue weighted by atomic mass is 32.2. The van der Waals surface area contributed by atoms with E-state index in [0.717, 1.165) is 5.56 Å². The van der Waals surface area contributed by atoms with Crippen LogP contribution in [0.25, 0.3) is 10.9 Å². The summed E-state index contributed by atoms with van der Waals surface area (Å²) in [5.74, 6) is 0.450. The molecule has 0 saturated heterocycles. The molecule has 0 aliphatic heterocycles. The smallest absolute Gasteiger partial charge is 0.261 e. The molecule has 1 unspecified atom stereocenters. The Morgan fingerprint density at radius 1 is 1.03 bits per heavy atom. The zero-order valence-corrected chi connectivity index (χ0v) is 21.4. The molecule has 0 radical (unpaired) electrons. The first-order chi connectivity index (χ1) is 15.5. The van der Waals surface area contributed by atoms with Gasteiger partial charge in [-0.2, -0.15) is 4.31 Å². The second-order valence-corrected chi connectivity index (χ2v) is 10.7. The largest absolute Gasteiger partial charge is 0.308 e. The molecule has 1 atom stereocenters. The highest BCUT2D eigenvalue weighted by Gasteiger charge is 2.34. The molecule has 33 heavy (non-hydrogen) atoms. The first kappa shape index (κ1) is 25.1. The molecule has 0 saturated carbocycles. The van der Waals surface area contributed by atoms with E-state index in [9.17, 15) is 13.2 Å². The van der Waals surface area contributed by atoms with E-state index in [-0.39, 0.29) is 12.1 Å². The Hall–Kier alpha value is -2.55. The minimum atomic E-state index is -3.86. The number of aryl methyl sites for hydroxylation is 3.